The van der Waals surface area contributed by atoms with Gasteiger partial charge in [0.15, 0.2) is 0 Å². The van der Waals surface area contributed by atoms with E-state index in [2.05, 4.69) is 43.6 Å². The molecule has 2 N–H and O–H groups in total. The number of halogens is 1. The lowest BCUT2D eigenvalue weighted by Crippen LogP contribution is -2.48. The van der Waals surface area contributed by atoms with Gasteiger partial charge in [-0.3, -0.25) is 14.9 Å². The number of aromatic nitrogens is 1. The van der Waals surface area contributed by atoms with E-state index in [4.69, 9.17) is 0 Å². The maximum Gasteiger partial charge on any atom is 0.260 e. The van der Waals surface area contributed by atoms with Gasteiger partial charge in [-0.05, 0) is 55.4 Å². The number of benzene rings is 1. The molecule has 1 aliphatic carbocycles. The highest BCUT2D eigenvalue weighted by Gasteiger charge is 2.32. The second-order valence-electron chi connectivity index (χ2n) is 8.66. The van der Waals surface area contributed by atoms with Gasteiger partial charge in [0, 0.05) is 53.5 Å². The SMILES string of the molecule is O=CCCCCCC(C(=O)NO)N1CCc2c(c3cc(Br)ccc3n2CC2CC2)C1. The van der Waals surface area contributed by atoms with Crippen LogP contribution >= 0.6 is 15.9 Å². The lowest BCUT2D eigenvalue weighted by molar-refractivity contribution is -0.135. The second-order valence-corrected chi connectivity index (χ2v) is 9.57. The molecule has 1 aromatic heterocycles. The van der Waals surface area contributed by atoms with Gasteiger partial charge in [-0.2, -0.15) is 0 Å². The summed E-state index contributed by atoms with van der Waals surface area (Å²) in [5.41, 5.74) is 5.88. The molecule has 0 radical (unpaired) electrons. The predicted molar refractivity (Wildman–Crippen MR) is 119 cm³/mol. The summed E-state index contributed by atoms with van der Waals surface area (Å²) in [4.78, 5) is 25.2. The largest absolute Gasteiger partial charge is 0.344 e. The van der Waals surface area contributed by atoms with Crippen molar-refractivity contribution in [3.8, 4) is 0 Å². The fraction of sp³-hybridized carbons (Fsp3) is 0.565. The Morgan fingerprint density at radius 3 is 2.87 bits per heavy atom. The summed E-state index contributed by atoms with van der Waals surface area (Å²) in [6.07, 6.45) is 8.38. The Bertz CT molecular complexity index is 922. The predicted octanol–water partition coefficient (Wildman–Crippen LogP) is 4.20. The third-order valence-corrected chi connectivity index (χ3v) is 7.03. The quantitative estimate of drug-likeness (QED) is 0.233. The summed E-state index contributed by atoms with van der Waals surface area (Å²) in [6, 6.07) is 6.15. The average molecular weight is 476 g/mol. The molecule has 1 atom stereocenters. The zero-order chi connectivity index (χ0) is 21.1. The highest BCUT2D eigenvalue weighted by atomic mass is 79.9. The van der Waals surface area contributed by atoms with Gasteiger partial charge in [-0.1, -0.05) is 28.8 Å². The van der Waals surface area contributed by atoms with Crippen LogP contribution in [0.15, 0.2) is 22.7 Å². The van der Waals surface area contributed by atoms with Crippen molar-refractivity contribution in [1.29, 1.82) is 0 Å². The molecule has 2 heterocycles. The third kappa shape index (κ3) is 4.63. The number of hydrogen-bond acceptors (Lipinski definition) is 4. The van der Waals surface area contributed by atoms with E-state index in [1.54, 1.807) is 0 Å². The van der Waals surface area contributed by atoms with Crippen LogP contribution < -0.4 is 5.48 Å². The molecule has 0 bridgehead atoms. The van der Waals surface area contributed by atoms with Crippen molar-refractivity contribution in [2.45, 2.75) is 70.5 Å². The molecular formula is C23H30BrN3O3. The van der Waals surface area contributed by atoms with Crippen LogP contribution in [0.5, 0.6) is 0 Å². The Morgan fingerprint density at radius 2 is 2.13 bits per heavy atom. The van der Waals surface area contributed by atoms with Crippen LogP contribution in [-0.2, 0) is 29.1 Å². The first-order chi connectivity index (χ1) is 14.6. The molecule has 2 aliphatic rings. The van der Waals surface area contributed by atoms with Crippen molar-refractivity contribution in [1.82, 2.24) is 14.9 Å². The Morgan fingerprint density at radius 1 is 1.30 bits per heavy atom. The molecule has 7 heteroatoms. The summed E-state index contributed by atoms with van der Waals surface area (Å²) in [5.74, 6) is 0.461. The molecule has 0 saturated heterocycles. The average Bonchev–Trinajstić information content (AvgIpc) is 3.53. The van der Waals surface area contributed by atoms with Crippen LogP contribution in [0.4, 0.5) is 0 Å². The number of unbranched alkanes of at least 4 members (excludes halogenated alkanes) is 3. The van der Waals surface area contributed by atoms with Gasteiger partial charge in [0.05, 0.1) is 6.04 Å². The number of aldehydes is 1. The van der Waals surface area contributed by atoms with E-state index in [1.165, 1.54) is 35.0 Å². The van der Waals surface area contributed by atoms with E-state index in [1.807, 2.05) is 5.48 Å². The molecule has 1 unspecified atom stereocenters. The first-order valence-corrected chi connectivity index (χ1v) is 11.8. The number of hydrogen-bond donors (Lipinski definition) is 2. The molecule has 6 nitrogen and oxygen atoms in total. The highest BCUT2D eigenvalue weighted by Crippen LogP contribution is 2.38. The molecule has 162 valence electrons. The molecule has 1 aliphatic heterocycles. The fourth-order valence-corrected chi connectivity index (χ4v) is 5.13. The number of carbonyl (C=O) groups is 2. The van der Waals surface area contributed by atoms with Crippen molar-refractivity contribution < 1.29 is 14.8 Å². The third-order valence-electron chi connectivity index (χ3n) is 6.54. The number of hydroxylamine groups is 1. The van der Waals surface area contributed by atoms with Crippen molar-refractivity contribution in [2.24, 2.45) is 5.92 Å². The number of nitrogens with one attached hydrogen (secondary N) is 1. The van der Waals surface area contributed by atoms with Crippen molar-refractivity contribution >= 4 is 39.0 Å². The van der Waals surface area contributed by atoms with Crippen LogP contribution in [-0.4, -0.2) is 39.5 Å². The van der Waals surface area contributed by atoms with E-state index in [0.29, 0.717) is 19.4 Å². The van der Waals surface area contributed by atoms with Gasteiger partial charge in [-0.25, -0.2) is 5.48 Å². The minimum atomic E-state index is -0.353. The Kier molecular flexibility index (Phi) is 6.91. The monoisotopic (exact) mass is 475 g/mol. The molecule has 2 aromatic rings. The van der Waals surface area contributed by atoms with Gasteiger partial charge in [0.2, 0.25) is 0 Å². The summed E-state index contributed by atoms with van der Waals surface area (Å²) < 4.78 is 3.57. The molecule has 1 aromatic carbocycles. The van der Waals surface area contributed by atoms with Crippen LogP contribution in [0.2, 0.25) is 0 Å². The van der Waals surface area contributed by atoms with E-state index >= 15 is 0 Å². The van der Waals surface area contributed by atoms with Crippen LogP contribution in [0, 0.1) is 5.92 Å². The molecule has 0 spiro atoms. The fourth-order valence-electron chi connectivity index (χ4n) is 4.77. The minimum absolute atomic E-state index is 0.336. The standard InChI is InChI=1S/C23H30BrN3O3/c24-17-8-9-20-18(13-17)19-15-26(11-10-21(19)27(20)14-16-6-7-16)22(23(29)25-30)5-3-1-2-4-12-28/h8-9,12-13,16,22,30H,1-7,10-11,14-15H2,(H,25,29). The van der Waals surface area contributed by atoms with E-state index in [0.717, 1.165) is 55.4 Å². The van der Waals surface area contributed by atoms with Crippen molar-refractivity contribution in [3.05, 3.63) is 33.9 Å². The first-order valence-electron chi connectivity index (χ1n) is 11.0. The van der Waals surface area contributed by atoms with Crippen LogP contribution in [0.25, 0.3) is 10.9 Å². The molecule has 30 heavy (non-hydrogen) atoms. The van der Waals surface area contributed by atoms with Gasteiger partial charge in [-0.15, -0.1) is 0 Å². The normalized spacial score (nSPS) is 17.7. The van der Waals surface area contributed by atoms with Crippen molar-refractivity contribution in [3.63, 3.8) is 0 Å². The van der Waals surface area contributed by atoms with Crippen LogP contribution in [0.1, 0.15) is 56.2 Å². The number of fused-ring (bicyclic) bond motifs is 3. The summed E-state index contributed by atoms with van der Waals surface area (Å²) in [5, 5.41) is 10.6. The molecular weight excluding hydrogens is 446 g/mol. The Labute approximate surface area is 185 Å². The number of carbonyl (C=O) groups excluding carboxylic acids is 2. The molecule has 1 saturated carbocycles. The minimum Gasteiger partial charge on any atom is -0.344 e. The highest BCUT2D eigenvalue weighted by molar-refractivity contribution is 9.10. The molecule has 1 amide bonds. The van der Waals surface area contributed by atoms with Gasteiger partial charge in [0.1, 0.15) is 6.29 Å². The Balaban J connectivity index is 1.57. The summed E-state index contributed by atoms with van der Waals surface area (Å²) >= 11 is 3.62. The smallest absolute Gasteiger partial charge is 0.260 e. The van der Waals surface area contributed by atoms with Gasteiger partial charge >= 0.3 is 0 Å². The maximum atomic E-state index is 12.4. The van der Waals surface area contributed by atoms with Gasteiger partial charge in [0.25, 0.3) is 5.91 Å². The summed E-state index contributed by atoms with van der Waals surface area (Å²) in [6.45, 7) is 2.61. The Hall–Kier alpha value is -1.70. The zero-order valence-corrected chi connectivity index (χ0v) is 18.9. The molecule has 1 fully saturated rings. The second kappa shape index (κ2) is 9.62. The lowest BCUT2D eigenvalue weighted by Gasteiger charge is -2.34. The topological polar surface area (TPSA) is 74.6 Å². The number of rotatable bonds is 10. The lowest BCUT2D eigenvalue weighted by atomic mass is 9.99. The number of nitrogens with zero attached hydrogens (tertiary/aromatic N) is 2. The zero-order valence-electron chi connectivity index (χ0n) is 17.3. The maximum absolute atomic E-state index is 12.4. The van der Waals surface area contributed by atoms with Crippen molar-refractivity contribution in [2.75, 3.05) is 6.54 Å². The van der Waals surface area contributed by atoms with E-state index in [9.17, 15) is 14.8 Å². The van der Waals surface area contributed by atoms with E-state index in [-0.39, 0.29) is 11.9 Å². The van der Waals surface area contributed by atoms with Crippen LogP contribution in [0.3, 0.4) is 0 Å². The number of amides is 1. The van der Waals surface area contributed by atoms with Gasteiger partial charge < -0.3 is 9.36 Å². The summed E-state index contributed by atoms with van der Waals surface area (Å²) in [7, 11) is 0. The van der Waals surface area contributed by atoms with E-state index < -0.39 is 0 Å². The molecule has 4 rings (SSSR count). The first kappa shape index (κ1) is 21.5.